The Hall–Kier alpha value is -1.27. The van der Waals surface area contributed by atoms with Gasteiger partial charge in [0.25, 0.3) is 5.91 Å². The number of rotatable bonds is 2. The van der Waals surface area contributed by atoms with E-state index in [-0.39, 0.29) is 5.91 Å². The fourth-order valence-corrected chi connectivity index (χ4v) is 3.24. The zero-order valence-corrected chi connectivity index (χ0v) is 10.3. The van der Waals surface area contributed by atoms with Gasteiger partial charge in [-0.3, -0.25) is 4.79 Å². The molecule has 1 aromatic rings. The van der Waals surface area contributed by atoms with Crippen molar-refractivity contribution in [3.8, 4) is 12.3 Å². The van der Waals surface area contributed by atoms with Gasteiger partial charge in [-0.05, 0) is 37.3 Å². The predicted molar refractivity (Wildman–Crippen MR) is 66.8 cm³/mol. The first-order valence-corrected chi connectivity index (χ1v) is 6.34. The highest BCUT2D eigenvalue weighted by molar-refractivity contribution is 7.14. The average molecular weight is 233 g/mol. The lowest BCUT2D eigenvalue weighted by molar-refractivity contribution is 0.0817. The van der Waals surface area contributed by atoms with Crippen LogP contribution in [0.5, 0.6) is 0 Å². The molecule has 0 radical (unpaired) electrons. The Bertz CT molecular complexity index is 418. The van der Waals surface area contributed by atoms with Gasteiger partial charge in [0.2, 0.25) is 0 Å². The van der Waals surface area contributed by atoms with E-state index in [0.29, 0.717) is 6.54 Å². The van der Waals surface area contributed by atoms with E-state index in [2.05, 4.69) is 12.0 Å². The lowest BCUT2D eigenvalue weighted by atomic mass is 9.99. The maximum absolute atomic E-state index is 12.0. The van der Waals surface area contributed by atoms with Crippen molar-refractivity contribution >= 4 is 17.2 Å². The van der Waals surface area contributed by atoms with Crippen molar-refractivity contribution in [3.63, 3.8) is 0 Å². The van der Waals surface area contributed by atoms with E-state index in [1.807, 2.05) is 0 Å². The number of carbonyl (C=O) groups excluding carboxylic acids is 1. The molecular weight excluding hydrogens is 218 g/mol. The topological polar surface area (TPSA) is 20.3 Å². The molecule has 0 saturated carbocycles. The first-order chi connectivity index (χ1) is 7.72. The van der Waals surface area contributed by atoms with E-state index in [1.54, 1.807) is 23.3 Å². The minimum atomic E-state index is 0.0531. The number of hydrogen-bond acceptors (Lipinski definition) is 2. The van der Waals surface area contributed by atoms with Crippen molar-refractivity contribution in [2.75, 3.05) is 13.6 Å². The highest BCUT2D eigenvalue weighted by Gasteiger charge is 2.18. The van der Waals surface area contributed by atoms with Crippen molar-refractivity contribution in [1.29, 1.82) is 0 Å². The number of carbonyl (C=O) groups is 1. The molecule has 1 aliphatic rings. The Kier molecular flexibility index (Phi) is 3.31. The molecule has 2 rings (SSSR count). The Morgan fingerprint density at radius 3 is 3.00 bits per heavy atom. The molecule has 0 N–H and O–H groups in total. The average Bonchev–Trinajstić information content (AvgIpc) is 2.71. The highest BCUT2D eigenvalue weighted by Crippen LogP contribution is 2.30. The summed E-state index contributed by atoms with van der Waals surface area (Å²) >= 11 is 1.64. The van der Waals surface area contributed by atoms with Crippen LogP contribution in [0.15, 0.2) is 6.07 Å². The second-order valence-electron chi connectivity index (χ2n) is 4.13. The summed E-state index contributed by atoms with van der Waals surface area (Å²) in [5.41, 5.74) is 1.37. The van der Waals surface area contributed by atoms with E-state index in [1.165, 1.54) is 23.3 Å². The van der Waals surface area contributed by atoms with Gasteiger partial charge in [0, 0.05) is 11.9 Å². The smallest absolute Gasteiger partial charge is 0.264 e. The molecule has 0 spiro atoms. The van der Waals surface area contributed by atoms with Gasteiger partial charge in [0.05, 0.1) is 11.4 Å². The first kappa shape index (κ1) is 11.2. The van der Waals surface area contributed by atoms with Gasteiger partial charge in [0.1, 0.15) is 0 Å². The standard InChI is InChI=1S/C13H15NOS/c1-3-8-14(2)13(15)12-9-10-6-4-5-7-11(10)16-12/h1,9H,4-8H2,2H3. The number of nitrogens with zero attached hydrogens (tertiary/aromatic N) is 1. The normalized spacial score (nSPS) is 14.0. The third kappa shape index (κ3) is 2.12. The molecule has 0 bridgehead atoms. The molecule has 0 aromatic carbocycles. The molecule has 1 amide bonds. The third-order valence-corrected chi connectivity index (χ3v) is 4.11. The van der Waals surface area contributed by atoms with Crippen LogP contribution in [-0.2, 0) is 12.8 Å². The van der Waals surface area contributed by atoms with E-state index >= 15 is 0 Å². The highest BCUT2D eigenvalue weighted by atomic mass is 32.1. The second kappa shape index (κ2) is 4.71. The Balaban J connectivity index is 2.18. The SMILES string of the molecule is C#CCN(C)C(=O)c1cc2c(s1)CCCC2. The predicted octanol–water partition coefficient (Wildman–Crippen LogP) is 2.33. The van der Waals surface area contributed by atoms with Gasteiger partial charge in [-0.2, -0.15) is 0 Å². The van der Waals surface area contributed by atoms with Crippen LogP contribution in [0.3, 0.4) is 0 Å². The Morgan fingerprint density at radius 1 is 1.56 bits per heavy atom. The van der Waals surface area contributed by atoms with Crippen molar-refractivity contribution in [1.82, 2.24) is 4.90 Å². The van der Waals surface area contributed by atoms with Crippen LogP contribution >= 0.6 is 11.3 Å². The summed E-state index contributed by atoms with van der Waals surface area (Å²) in [4.78, 5) is 15.8. The zero-order chi connectivity index (χ0) is 11.5. The molecule has 0 fully saturated rings. The Labute approximate surface area is 100 Å². The van der Waals surface area contributed by atoms with E-state index in [9.17, 15) is 4.79 Å². The largest absolute Gasteiger partial charge is 0.330 e. The lowest BCUT2D eigenvalue weighted by Gasteiger charge is -2.11. The number of amides is 1. The van der Waals surface area contributed by atoms with Gasteiger partial charge in [-0.25, -0.2) is 0 Å². The lowest BCUT2D eigenvalue weighted by Crippen LogP contribution is -2.26. The number of terminal acetylenes is 1. The fraction of sp³-hybridized carbons (Fsp3) is 0.462. The molecule has 16 heavy (non-hydrogen) atoms. The van der Waals surface area contributed by atoms with Gasteiger partial charge in [-0.15, -0.1) is 17.8 Å². The van der Waals surface area contributed by atoms with Crippen LogP contribution in [0.1, 0.15) is 33.0 Å². The first-order valence-electron chi connectivity index (χ1n) is 5.53. The fourth-order valence-electron chi connectivity index (χ4n) is 1.99. The molecule has 1 heterocycles. The monoisotopic (exact) mass is 233 g/mol. The molecule has 1 aromatic heterocycles. The van der Waals surface area contributed by atoms with E-state index in [0.717, 1.165) is 17.7 Å². The number of fused-ring (bicyclic) bond motifs is 1. The molecule has 1 aliphatic carbocycles. The number of thiophene rings is 1. The van der Waals surface area contributed by atoms with Crippen LogP contribution < -0.4 is 0 Å². The Morgan fingerprint density at radius 2 is 2.31 bits per heavy atom. The second-order valence-corrected chi connectivity index (χ2v) is 5.27. The van der Waals surface area contributed by atoms with Crippen LogP contribution in [0.25, 0.3) is 0 Å². The van der Waals surface area contributed by atoms with Crippen molar-refractivity contribution < 1.29 is 4.79 Å². The molecule has 2 nitrogen and oxygen atoms in total. The summed E-state index contributed by atoms with van der Waals surface area (Å²) in [5, 5.41) is 0. The van der Waals surface area contributed by atoms with Gasteiger partial charge >= 0.3 is 0 Å². The molecular formula is C13H15NOS. The minimum absolute atomic E-state index is 0.0531. The van der Waals surface area contributed by atoms with E-state index < -0.39 is 0 Å². The van der Waals surface area contributed by atoms with Crippen LogP contribution in [0.4, 0.5) is 0 Å². The quantitative estimate of drug-likeness (QED) is 0.718. The zero-order valence-electron chi connectivity index (χ0n) is 9.45. The third-order valence-electron chi connectivity index (χ3n) is 2.88. The summed E-state index contributed by atoms with van der Waals surface area (Å²) in [6.07, 6.45) is 9.96. The maximum Gasteiger partial charge on any atom is 0.264 e. The summed E-state index contributed by atoms with van der Waals surface area (Å²) < 4.78 is 0. The molecule has 0 aliphatic heterocycles. The summed E-state index contributed by atoms with van der Waals surface area (Å²) in [5.74, 6) is 2.54. The number of hydrogen-bond donors (Lipinski definition) is 0. The summed E-state index contributed by atoms with van der Waals surface area (Å²) in [7, 11) is 1.75. The minimum Gasteiger partial charge on any atom is -0.330 e. The maximum atomic E-state index is 12.0. The van der Waals surface area contributed by atoms with Crippen molar-refractivity contribution in [2.24, 2.45) is 0 Å². The van der Waals surface area contributed by atoms with Crippen LogP contribution in [0.2, 0.25) is 0 Å². The van der Waals surface area contributed by atoms with Crippen LogP contribution in [0, 0.1) is 12.3 Å². The molecule has 84 valence electrons. The summed E-state index contributed by atoms with van der Waals surface area (Å²) in [6, 6.07) is 2.05. The molecule has 0 unspecified atom stereocenters. The molecule has 0 saturated heterocycles. The van der Waals surface area contributed by atoms with E-state index in [4.69, 9.17) is 6.42 Å². The molecule has 0 atom stereocenters. The van der Waals surface area contributed by atoms with Crippen LogP contribution in [-0.4, -0.2) is 24.4 Å². The van der Waals surface area contributed by atoms with Crippen molar-refractivity contribution in [3.05, 3.63) is 21.4 Å². The van der Waals surface area contributed by atoms with Crippen molar-refractivity contribution in [2.45, 2.75) is 25.7 Å². The van der Waals surface area contributed by atoms with Gasteiger partial charge < -0.3 is 4.90 Å². The summed E-state index contributed by atoms with van der Waals surface area (Å²) in [6.45, 7) is 0.376. The van der Waals surface area contributed by atoms with Gasteiger partial charge in [-0.1, -0.05) is 5.92 Å². The van der Waals surface area contributed by atoms with Gasteiger partial charge in [0.15, 0.2) is 0 Å². The molecule has 3 heteroatoms. The number of aryl methyl sites for hydroxylation is 2.